The fourth-order valence-electron chi connectivity index (χ4n) is 4.44. The summed E-state index contributed by atoms with van der Waals surface area (Å²) >= 11 is 1.79. The van der Waals surface area contributed by atoms with E-state index in [2.05, 4.69) is 54.1 Å². The lowest BCUT2D eigenvalue weighted by molar-refractivity contribution is -0.115. The first-order valence-corrected chi connectivity index (χ1v) is 13.6. The maximum Gasteiger partial charge on any atom is 0.228 e. The maximum absolute atomic E-state index is 12.6. The summed E-state index contributed by atoms with van der Waals surface area (Å²) < 4.78 is 2.21. The van der Waals surface area contributed by atoms with Gasteiger partial charge in [-0.2, -0.15) is 5.26 Å². The Morgan fingerprint density at radius 1 is 0.947 bits per heavy atom. The van der Waals surface area contributed by atoms with Gasteiger partial charge >= 0.3 is 0 Å². The van der Waals surface area contributed by atoms with Gasteiger partial charge in [-0.25, -0.2) is 4.98 Å². The average Bonchev–Trinajstić information content (AvgIpc) is 3.28. The first-order chi connectivity index (χ1) is 18.5. The number of fused-ring (bicyclic) bond motifs is 1. The molecule has 0 aliphatic rings. The maximum atomic E-state index is 12.6. The highest BCUT2D eigenvalue weighted by Crippen LogP contribution is 2.28. The van der Waals surface area contributed by atoms with Crippen LogP contribution in [0.2, 0.25) is 0 Å². The molecule has 0 aliphatic heterocycles. The molecule has 5 aromatic rings. The molecule has 0 spiro atoms. The van der Waals surface area contributed by atoms with Gasteiger partial charge in [0.25, 0.3) is 0 Å². The van der Waals surface area contributed by atoms with Gasteiger partial charge in [0, 0.05) is 22.7 Å². The second-order valence-corrected chi connectivity index (χ2v) is 10.5. The van der Waals surface area contributed by atoms with Crippen molar-refractivity contribution in [1.82, 2.24) is 9.55 Å². The van der Waals surface area contributed by atoms with Crippen molar-refractivity contribution in [2.24, 2.45) is 0 Å². The van der Waals surface area contributed by atoms with Crippen LogP contribution in [0.4, 0.5) is 5.69 Å². The average molecular weight is 517 g/mol. The minimum absolute atomic E-state index is 0.0443. The number of nitrogens with one attached hydrogen (secondary N) is 1. The molecule has 188 valence electrons. The molecule has 0 radical (unpaired) electrons. The van der Waals surface area contributed by atoms with Crippen LogP contribution in [-0.4, -0.2) is 21.2 Å². The fourth-order valence-corrected chi connectivity index (χ4v) is 5.11. The van der Waals surface area contributed by atoms with E-state index in [4.69, 9.17) is 10.2 Å². The summed E-state index contributed by atoms with van der Waals surface area (Å²) in [6.45, 7) is 4.84. The van der Waals surface area contributed by atoms with E-state index in [1.54, 1.807) is 11.8 Å². The molecule has 38 heavy (non-hydrogen) atoms. The third-order valence-corrected chi connectivity index (χ3v) is 7.25. The molecule has 1 N–H and O–H groups in total. The zero-order valence-electron chi connectivity index (χ0n) is 21.4. The van der Waals surface area contributed by atoms with Crippen LogP contribution in [0.1, 0.15) is 29.2 Å². The Hall–Kier alpha value is -4.34. The number of nitrogens with zero attached hydrogens (tertiary/aromatic N) is 3. The number of hydrogen-bond acceptors (Lipinski definition) is 4. The number of benzene rings is 4. The number of hydrogen-bond donors (Lipinski definition) is 1. The van der Waals surface area contributed by atoms with Gasteiger partial charge in [-0.3, -0.25) is 4.79 Å². The van der Waals surface area contributed by atoms with Gasteiger partial charge in [0.1, 0.15) is 5.82 Å². The van der Waals surface area contributed by atoms with Crippen LogP contribution >= 0.6 is 11.8 Å². The first kappa shape index (κ1) is 25.3. The smallest absolute Gasteiger partial charge is 0.228 e. The summed E-state index contributed by atoms with van der Waals surface area (Å²) in [6.07, 6.45) is 0.332. The molecule has 4 aromatic carbocycles. The molecule has 0 saturated heterocycles. The SMILES string of the molecule is CCSc1ccc(CC(=O)Nc2ccc(-c3nc4ccc(C)cc4n3Cc3ccc(C#N)cc3)cc2)cc1. The van der Waals surface area contributed by atoms with E-state index in [9.17, 15) is 4.79 Å². The summed E-state index contributed by atoms with van der Waals surface area (Å²) in [7, 11) is 0. The van der Waals surface area contributed by atoms with E-state index in [0.29, 0.717) is 18.5 Å². The molecule has 0 fully saturated rings. The predicted molar refractivity (Wildman–Crippen MR) is 155 cm³/mol. The molecular weight excluding hydrogens is 488 g/mol. The van der Waals surface area contributed by atoms with Crippen molar-refractivity contribution in [3.8, 4) is 17.5 Å². The number of aryl methyl sites for hydroxylation is 1. The molecule has 6 heteroatoms. The lowest BCUT2D eigenvalue weighted by Crippen LogP contribution is -2.14. The van der Waals surface area contributed by atoms with E-state index in [0.717, 1.165) is 45.0 Å². The number of thioether (sulfide) groups is 1. The fraction of sp³-hybridized carbons (Fsp3) is 0.156. The molecule has 1 heterocycles. The number of anilines is 1. The number of carbonyl (C=O) groups excluding carboxylic acids is 1. The van der Waals surface area contributed by atoms with Crippen LogP contribution < -0.4 is 5.32 Å². The van der Waals surface area contributed by atoms with Crippen molar-refractivity contribution in [2.45, 2.75) is 31.7 Å². The van der Waals surface area contributed by atoms with Gasteiger partial charge in [0.2, 0.25) is 5.91 Å². The van der Waals surface area contributed by atoms with E-state index >= 15 is 0 Å². The lowest BCUT2D eigenvalue weighted by Gasteiger charge is -2.11. The summed E-state index contributed by atoms with van der Waals surface area (Å²) in [6, 6.07) is 32.1. The minimum Gasteiger partial charge on any atom is -0.326 e. The number of amides is 1. The lowest BCUT2D eigenvalue weighted by atomic mass is 10.1. The van der Waals surface area contributed by atoms with E-state index < -0.39 is 0 Å². The molecular formula is C32H28N4OS. The summed E-state index contributed by atoms with van der Waals surface area (Å²) in [5.74, 6) is 1.84. The molecule has 0 unspecified atom stereocenters. The highest BCUT2D eigenvalue weighted by Gasteiger charge is 2.14. The molecule has 1 aromatic heterocycles. The molecule has 0 aliphatic carbocycles. The minimum atomic E-state index is -0.0443. The van der Waals surface area contributed by atoms with Crippen LogP contribution in [0.15, 0.2) is 95.9 Å². The second kappa shape index (κ2) is 11.4. The number of carbonyl (C=O) groups is 1. The Morgan fingerprint density at radius 2 is 1.66 bits per heavy atom. The Labute approximate surface area is 227 Å². The van der Waals surface area contributed by atoms with E-state index in [-0.39, 0.29) is 5.91 Å². The highest BCUT2D eigenvalue weighted by molar-refractivity contribution is 7.99. The van der Waals surface area contributed by atoms with Gasteiger partial charge < -0.3 is 9.88 Å². The Balaban J connectivity index is 1.36. The highest BCUT2D eigenvalue weighted by atomic mass is 32.2. The molecule has 0 bridgehead atoms. The number of nitriles is 1. The third kappa shape index (κ3) is 5.80. The number of rotatable bonds is 8. The van der Waals surface area contributed by atoms with Crippen molar-refractivity contribution in [3.05, 3.63) is 113 Å². The van der Waals surface area contributed by atoms with Crippen LogP contribution in [0.5, 0.6) is 0 Å². The molecule has 5 rings (SSSR count). The Morgan fingerprint density at radius 3 is 2.34 bits per heavy atom. The van der Waals surface area contributed by atoms with Crippen molar-refractivity contribution in [3.63, 3.8) is 0 Å². The molecule has 1 amide bonds. The Bertz CT molecular complexity index is 1610. The standard InChI is InChI=1S/C32H28N4OS/c1-3-38-28-15-9-23(10-16-28)19-31(37)34-27-13-11-26(12-14-27)32-35-29-17-4-22(2)18-30(29)36(32)21-25-7-5-24(20-33)6-8-25/h4-18H,3,19,21H2,1-2H3,(H,34,37). The predicted octanol–water partition coefficient (Wildman–Crippen LogP) is 7.22. The van der Waals surface area contributed by atoms with Gasteiger partial charge in [0.05, 0.1) is 29.1 Å². The van der Waals surface area contributed by atoms with Gasteiger partial charge in [-0.15, -0.1) is 11.8 Å². The van der Waals surface area contributed by atoms with Crippen LogP contribution in [-0.2, 0) is 17.8 Å². The van der Waals surface area contributed by atoms with Crippen molar-refractivity contribution in [2.75, 3.05) is 11.1 Å². The largest absolute Gasteiger partial charge is 0.326 e. The summed E-state index contributed by atoms with van der Waals surface area (Å²) in [4.78, 5) is 18.8. The number of aromatic nitrogens is 2. The monoisotopic (exact) mass is 516 g/mol. The van der Waals surface area contributed by atoms with Crippen LogP contribution in [0.25, 0.3) is 22.4 Å². The van der Waals surface area contributed by atoms with Gasteiger partial charge in [-0.05, 0) is 90.0 Å². The zero-order chi connectivity index (χ0) is 26.5. The normalized spacial score (nSPS) is 10.9. The summed E-state index contributed by atoms with van der Waals surface area (Å²) in [5.41, 5.74) is 7.61. The van der Waals surface area contributed by atoms with Crippen molar-refractivity contribution in [1.29, 1.82) is 5.26 Å². The van der Waals surface area contributed by atoms with Gasteiger partial charge in [-0.1, -0.05) is 37.3 Å². The van der Waals surface area contributed by atoms with Crippen LogP contribution in [0, 0.1) is 18.3 Å². The summed E-state index contributed by atoms with van der Waals surface area (Å²) in [5, 5.41) is 12.1. The zero-order valence-corrected chi connectivity index (χ0v) is 22.3. The second-order valence-electron chi connectivity index (χ2n) is 9.20. The molecule has 0 saturated carbocycles. The molecule has 5 nitrogen and oxygen atoms in total. The Kier molecular flexibility index (Phi) is 7.57. The van der Waals surface area contributed by atoms with E-state index in [1.807, 2.05) is 66.7 Å². The quantitative estimate of drug-likeness (QED) is 0.221. The molecule has 0 atom stereocenters. The third-order valence-electron chi connectivity index (χ3n) is 6.35. The first-order valence-electron chi connectivity index (χ1n) is 12.6. The number of imidazole rings is 1. The van der Waals surface area contributed by atoms with Gasteiger partial charge in [0.15, 0.2) is 0 Å². The van der Waals surface area contributed by atoms with Crippen molar-refractivity contribution < 1.29 is 4.79 Å². The van der Waals surface area contributed by atoms with E-state index in [1.165, 1.54) is 10.5 Å². The van der Waals surface area contributed by atoms with Crippen LogP contribution in [0.3, 0.4) is 0 Å². The van der Waals surface area contributed by atoms with Crippen molar-refractivity contribution >= 4 is 34.4 Å². The topological polar surface area (TPSA) is 70.7 Å².